The number of hydrogen-bond acceptors (Lipinski definition) is 2. The Kier molecular flexibility index (Phi) is 2.57. The maximum absolute atomic E-state index is 11.7. The molecule has 0 aromatic carbocycles. The molecule has 0 aromatic rings. The van der Waals surface area contributed by atoms with Crippen molar-refractivity contribution < 1.29 is 4.79 Å². The minimum atomic E-state index is 0.232. The molecule has 1 amide bonds. The Bertz CT molecular complexity index is 456. The zero-order valence-corrected chi connectivity index (χ0v) is 11.8. The molecule has 2 bridgehead atoms. The van der Waals surface area contributed by atoms with E-state index in [1.165, 1.54) is 31.4 Å². The van der Waals surface area contributed by atoms with Crippen LogP contribution in [0.2, 0.25) is 0 Å². The molecule has 2 aliphatic carbocycles. The molecule has 1 saturated carbocycles. The molecule has 104 valence electrons. The van der Waals surface area contributed by atoms with E-state index in [1.807, 2.05) is 0 Å². The quantitative estimate of drug-likeness (QED) is 0.702. The average Bonchev–Trinajstić information content (AvgIpc) is 2.37. The number of allylic oxidation sites excluding steroid dienone is 1. The Morgan fingerprint density at radius 1 is 1.32 bits per heavy atom. The lowest BCUT2D eigenvalue weighted by atomic mass is 9.53. The van der Waals surface area contributed by atoms with Crippen LogP contribution >= 0.6 is 0 Å². The van der Waals surface area contributed by atoms with Gasteiger partial charge in [0.15, 0.2) is 0 Å². The maximum atomic E-state index is 11.7. The molecule has 2 N–H and O–H groups in total. The molecule has 0 aromatic heterocycles. The molecular weight excluding hydrogens is 236 g/mol. The van der Waals surface area contributed by atoms with Crippen LogP contribution in [0.3, 0.4) is 0 Å². The van der Waals surface area contributed by atoms with Crippen molar-refractivity contribution in [3.05, 3.63) is 11.3 Å². The van der Waals surface area contributed by atoms with Gasteiger partial charge in [-0.3, -0.25) is 4.79 Å². The number of amides is 1. The average molecular weight is 260 g/mol. The molecule has 2 fully saturated rings. The molecule has 0 radical (unpaired) electrons. The van der Waals surface area contributed by atoms with Gasteiger partial charge in [0.1, 0.15) is 0 Å². The second-order valence-corrected chi connectivity index (χ2v) is 7.16. The summed E-state index contributed by atoms with van der Waals surface area (Å²) in [5.74, 6) is 2.66. The largest absolute Gasteiger partial charge is 0.330 e. The van der Waals surface area contributed by atoms with E-state index in [1.54, 1.807) is 5.57 Å². The molecule has 3 nitrogen and oxygen atoms in total. The molecule has 4 rings (SSSR count). The predicted molar refractivity (Wildman–Crippen MR) is 74.4 cm³/mol. The fourth-order valence-corrected chi connectivity index (χ4v) is 5.49. The van der Waals surface area contributed by atoms with Crippen LogP contribution in [0.4, 0.5) is 0 Å². The minimum absolute atomic E-state index is 0.232. The van der Waals surface area contributed by atoms with Gasteiger partial charge in [0.2, 0.25) is 5.91 Å². The number of carbonyl (C=O) groups excluding carboxylic acids is 1. The van der Waals surface area contributed by atoms with Crippen molar-refractivity contribution in [3.63, 3.8) is 0 Å². The summed E-state index contributed by atoms with van der Waals surface area (Å²) >= 11 is 0. The van der Waals surface area contributed by atoms with Crippen molar-refractivity contribution >= 4 is 5.91 Å². The van der Waals surface area contributed by atoms with E-state index in [4.69, 9.17) is 0 Å². The number of nitrogens with one attached hydrogen (secondary N) is 2. The van der Waals surface area contributed by atoms with Crippen LogP contribution < -0.4 is 10.6 Å². The van der Waals surface area contributed by atoms with Gasteiger partial charge in [-0.25, -0.2) is 0 Å². The van der Waals surface area contributed by atoms with Gasteiger partial charge < -0.3 is 10.6 Å². The van der Waals surface area contributed by atoms with Crippen molar-refractivity contribution in [3.8, 4) is 0 Å². The summed E-state index contributed by atoms with van der Waals surface area (Å²) in [4.78, 5) is 11.7. The normalized spacial score (nSPS) is 45.3. The van der Waals surface area contributed by atoms with E-state index in [0.717, 1.165) is 37.1 Å². The first-order chi connectivity index (χ1) is 9.19. The summed E-state index contributed by atoms with van der Waals surface area (Å²) in [7, 11) is 0. The lowest BCUT2D eigenvalue weighted by molar-refractivity contribution is -0.121. The van der Waals surface area contributed by atoms with Gasteiger partial charge in [0.25, 0.3) is 0 Å². The minimum Gasteiger partial charge on any atom is -0.330 e. The topological polar surface area (TPSA) is 41.1 Å². The van der Waals surface area contributed by atoms with Crippen LogP contribution in [-0.2, 0) is 4.79 Å². The van der Waals surface area contributed by atoms with Gasteiger partial charge in [0, 0.05) is 17.7 Å². The molecule has 0 unspecified atom stereocenters. The predicted octanol–water partition coefficient (Wildman–Crippen LogP) is 2.34. The van der Waals surface area contributed by atoms with E-state index in [9.17, 15) is 4.79 Å². The zero-order valence-electron chi connectivity index (χ0n) is 11.8. The number of rotatable bonds is 0. The fourth-order valence-electron chi connectivity index (χ4n) is 5.49. The van der Waals surface area contributed by atoms with Crippen molar-refractivity contribution in [2.24, 2.45) is 17.8 Å². The number of carbonyl (C=O) groups is 1. The number of hydrogen-bond donors (Lipinski definition) is 2. The van der Waals surface area contributed by atoms with Gasteiger partial charge in [-0.15, -0.1) is 0 Å². The van der Waals surface area contributed by atoms with Gasteiger partial charge in [-0.2, -0.15) is 0 Å². The monoisotopic (exact) mass is 260 g/mol. The van der Waals surface area contributed by atoms with Gasteiger partial charge >= 0.3 is 0 Å². The second-order valence-electron chi connectivity index (χ2n) is 7.16. The highest BCUT2D eigenvalue weighted by Gasteiger charge is 2.54. The third kappa shape index (κ3) is 1.63. The molecule has 4 aliphatic rings. The van der Waals surface area contributed by atoms with Crippen LogP contribution in [0.15, 0.2) is 11.3 Å². The summed E-state index contributed by atoms with van der Waals surface area (Å²) in [6.07, 6.45) is 8.14. The third-order valence-corrected chi connectivity index (χ3v) is 5.97. The van der Waals surface area contributed by atoms with Gasteiger partial charge in [-0.05, 0) is 68.4 Å². The highest BCUT2D eigenvalue weighted by Crippen LogP contribution is 2.55. The van der Waals surface area contributed by atoms with Crippen LogP contribution in [0, 0.1) is 17.8 Å². The molecule has 1 saturated heterocycles. The Labute approximate surface area is 115 Å². The van der Waals surface area contributed by atoms with E-state index in [-0.39, 0.29) is 11.4 Å². The molecule has 3 heteroatoms. The lowest BCUT2D eigenvalue weighted by Crippen LogP contribution is -2.64. The van der Waals surface area contributed by atoms with E-state index in [0.29, 0.717) is 6.42 Å². The third-order valence-electron chi connectivity index (χ3n) is 5.97. The standard InChI is InChI=1S/C16H24N2O/c1-10-7-11-8-14-13(4-5-15(19)18-14)16(9-10)12(11)3-2-6-17-16/h10-12,17H,2-9H2,1H3,(H,18,19)/t10-,11+,12-,16-/m1/s1. The van der Waals surface area contributed by atoms with Crippen molar-refractivity contribution in [1.82, 2.24) is 10.6 Å². The number of piperidine rings is 1. The molecule has 19 heavy (non-hydrogen) atoms. The van der Waals surface area contributed by atoms with Gasteiger partial charge in [-0.1, -0.05) is 6.92 Å². The Morgan fingerprint density at radius 3 is 3.11 bits per heavy atom. The Morgan fingerprint density at radius 2 is 2.21 bits per heavy atom. The van der Waals surface area contributed by atoms with Crippen LogP contribution in [0.25, 0.3) is 0 Å². The molecule has 0 spiro atoms. The maximum Gasteiger partial charge on any atom is 0.224 e. The van der Waals surface area contributed by atoms with E-state index < -0.39 is 0 Å². The summed E-state index contributed by atoms with van der Waals surface area (Å²) in [5, 5.41) is 7.09. The smallest absolute Gasteiger partial charge is 0.224 e. The summed E-state index contributed by atoms with van der Waals surface area (Å²) in [5.41, 5.74) is 3.10. The highest BCUT2D eigenvalue weighted by atomic mass is 16.1. The van der Waals surface area contributed by atoms with Crippen molar-refractivity contribution in [1.29, 1.82) is 0 Å². The molecule has 2 heterocycles. The first-order valence-electron chi connectivity index (χ1n) is 7.96. The Hall–Kier alpha value is -0.830. The van der Waals surface area contributed by atoms with Gasteiger partial charge in [0.05, 0.1) is 0 Å². The lowest BCUT2D eigenvalue weighted by Gasteiger charge is -2.59. The first-order valence-corrected chi connectivity index (χ1v) is 7.96. The zero-order chi connectivity index (χ0) is 13.0. The Balaban J connectivity index is 1.81. The first kappa shape index (κ1) is 12.0. The van der Waals surface area contributed by atoms with Crippen LogP contribution in [0.1, 0.15) is 51.9 Å². The summed E-state index contributed by atoms with van der Waals surface area (Å²) in [6, 6.07) is 0. The SMILES string of the molecule is C[C@@H]1C[C@H]2CC3=C(CCC(=O)N3)[C@]3(C1)NCCC[C@H]23. The van der Waals surface area contributed by atoms with Crippen molar-refractivity contribution in [2.75, 3.05) is 6.54 Å². The second kappa shape index (κ2) is 4.08. The highest BCUT2D eigenvalue weighted by molar-refractivity contribution is 5.80. The molecule has 4 atom stereocenters. The summed E-state index contributed by atoms with van der Waals surface area (Å²) < 4.78 is 0. The fraction of sp³-hybridized carbons (Fsp3) is 0.812. The van der Waals surface area contributed by atoms with E-state index >= 15 is 0 Å². The van der Waals surface area contributed by atoms with Crippen LogP contribution in [0.5, 0.6) is 0 Å². The molecule has 2 aliphatic heterocycles. The van der Waals surface area contributed by atoms with Crippen molar-refractivity contribution in [2.45, 2.75) is 57.4 Å². The van der Waals surface area contributed by atoms with Crippen LogP contribution in [-0.4, -0.2) is 18.0 Å². The van der Waals surface area contributed by atoms with E-state index in [2.05, 4.69) is 17.6 Å². The molecular formula is C16H24N2O. The summed E-state index contributed by atoms with van der Waals surface area (Å²) in [6.45, 7) is 3.56.